The number of para-hydroxylation sites is 1. The molecule has 7 heteroatoms. The van der Waals surface area contributed by atoms with Gasteiger partial charge < -0.3 is 0 Å². The molecule has 0 unspecified atom stereocenters. The van der Waals surface area contributed by atoms with Gasteiger partial charge in [0.15, 0.2) is 5.16 Å². The monoisotopic (exact) mass is 347 g/mol. The third kappa shape index (κ3) is 2.47. The predicted molar refractivity (Wildman–Crippen MR) is 96.5 cm³/mol. The van der Waals surface area contributed by atoms with E-state index in [2.05, 4.69) is 16.3 Å². The minimum absolute atomic E-state index is 0.0955. The molecule has 122 valence electrons. The molecular weight excluding hydrogens is 334 g/mol. The lowest BCUT2D eigenvalue weighted by atomic mass is 10.1. The molecule has 2 aromatic carbocycles. The average Bonchev–Trinajstić information content (AvgIpc) is 3.09. The number of thioether (sulfide) groups is 1. The number of hydrogen-bond donors (Lipinski definition) is 0. The van der Waals surface area contributed by atoms with Gasteiger partial charge in [0.1, 0.15) is 0 Å². The summed E-state index contributed by atoms with van der Waals surface area (Å²) in [6, 6.07) is 17.1. The summed E-state index contributed by atoms with van der Waals surface area (Å²) in [5.74, 6) is 1.10. The molecule has 2 heterocycles. The van der Waals surface area contributed by atoms with E-state index in [1.165, 1.54) is 16.3 Å². The highest BCUT2D eigenvalue weighted by Gasteiger charge is 2.15. The first kappa shape index (κ1) is 15.4. The lowest BCUT2D eigenvalue weighted by Gasteiger charge is -2.07. The molecule has 6 nitrogen and oxygen atoms in total. The van der Waals surface area contributed by atoms with E-state index in [1.54, 1.807) is 19.2 Å². The summed E-state index contributed by atoms with van der Waals surface area (Å²) in [7, 11) is 1.69. The normalized spacial score (nSPS) is 11.0. The fraction of sp³-hybridized carbons (Fsp3) is 0.111. The van der Waals surface area contributed by atoms with Crippen LogP contribution in [-0.4, -0.2) is 19.2 Å². The van der Waals surface area contributed by atoms with Crippen molar-refractivity contribution in [2.24, 2.45) is 7.05 Å². The van der Waals surface area contributed by atoms with Crippen LogP contribution in [0.4, 0.5) is 0 Å². The van der Waals surface area contributed by atoms with E-state index in [9.17, 15) is 10.1 Å². The SMILES string of the molecule is Cn1c(=O)c2ccccc2n2c(SCc3ccccc3C#N)nnc12. The van der Waals surface area contributed by atoms with Crippen molar-refractivity contribution in [2.75, 3.05) is 0 Å². The van der Waals surface area contributed by atoms with Crippen LogP contribution in [0.2, 0.25) is 0 Å². The van der Waals surface area contributed by atoms with Crippen molar-refractivity contribution in [3.63, 3.8) is 0 Å². The van der Waals surface area contributed by atoms with Crippen LogP contribution in [0.5, 0.6) is 0 Å². The predicted octanol–water partition coefficient (Wildman–Crippen LogP) is 2.75. The van der Waals surface area contributed by atoms with Crippen LogP contribution in [0, 0.1) is 11.3 Å². The Labute approximate surface area is 147 Å². The second-order valence-electron chi connectivity index (χ2n) is 5.56. The summed E-state index contributed by atoms with van der Waals surface area (Å²) in [6.07, 6.45) is 0. The van der Waals surface area contributed by atoms with Gasteiger partial charge in [-0.05, 0) is 23.8 Å². The molecular formula is C18H13N5OS. The largest absolute Gasteiger partial charge is 0.279 e. The zero-order valence-corrected chi connectivity index (χ0v) is 14.2. The standard InChI is InChI=1S/C18H13N5OS/c1-22-16(24)14-8-4-5-9-15(14)23-17(22)20-21-18(23)25-11-13-7-3-2-6-12(13)10-19/h2-9H,11H2,1H3. The zero-order valence-electron chi connectivity index (χ0n) is 13.4. The molecule has 0 aliphatic rings. The van der Waals surface area contributed by atoms with Crippen LogP contribution >= 0.6 is 11.8 Å². The summed E-state index contributed by atoms with van der Waals surface area (Å²) in [5, 5.41) is 19.0. The van der Waals surface area contributed by atoms with Crippen LogP contribution in [-0.2, 0) is 12.8 Å². The highest BCUT2D eigenvalue weighted by Crippen LogP contribution is 2.25. The highest BCUT2D eigenvalue weighted by atomic mass is 32.2. The van der Waals surface area contributed by atoms with Gasteiger partial charge in [-0.15, -0.1) is 10.2 Å². The van der Waals surface area contributed by atoms with Crippen molar-refractivity contribution >= 4 is 28.4 Å². The lowest BCUT2D eigenvalue weighted by molar-refractivity contribution is 0.853. The third-order valence-electron chi connectivity index (χ3n) is 4.09. The number of hydrogen-bond acceptors (Lipinski definition) is 5. The summed E-state index contributed by atoms with van der Waals surface area (Å²) < 4.78 is 3.39. The Morgan fingerprint density at radius 3 is 2.72 bits per heavy atom. The quantitative estimate of drug-likeness (QED) is 0.533. The molecule has 0 saturated carbocycles. The molecule has 4 rings (SSSR count). The van der Waals surface area contributed by atoms with Crippen LogP contribution in [0.15, 0.2) is 58.5 Å². The number of rotatable bonds is 3. The number of aryl methyl sites for hydroxylation is 1. The van der Waals surface area contributed by atoms with Crippen molar-refractivity contribution in [2.45, 2.75) is 10.9 Å². The number of nitriles is 1. The van der Waals surface area contributed by atoms with Crippen LogP contribution in [0.25, 0.3) is 16.7 Å². The molecule has 0 N–H and O–H groups in total. The molecule has 0 aliphatic heterocycles. The number of benzene rings is 2. The molecule has 4 aromatic rings. The molecule has 25 heavy (non-hydrogen) atoms. The summed E-state index contributed by atoms with van der Waals surface area (Å²) in [4.78, 5) is 12.5. The van der Waals surface area contributed by atoms with Gasteiger partial charge >= 0.3 is 0 Å². The van der Waals surface area contributed by atoms with E-state index in [0.29, 0.717) is 27.6 Å². The third-order valence-corrected chi connectivity index (χ3v) is 5.07. The van der Waals surface area contributed by atoms with Crippen LogP contribution in [0.3, 0.4) is 0 Å². The Morgan fingerprint density at radius 2 is 1.88 bits per heavy atom. The number of aromatic nitrogens is 4. The Bertz CT molecular complexity index is 1200. The summed E-state index contributed by atoms with van der Waals surface area (Å²) >= 11 is 1.49. The second-order valence-corrected chi connectivity index (χ2v) is 6.50. The van der Waals surface area contributed by atoms with Crippen molar-refractivity contribution in [1.29, 1.82) is 5.26 Å². The Kier molecular flexibility index (Phi) is 3.75. The van der Waals surface area contributed by atoms with Gasteiger partial charge in [-0.1, -0.05) is 42.1 Å². The molecule has 0 saturated heterocycles. The van der Waals surface area contributed by atoms with E-state index < -0.39 is 0 Å². The molecule has 0 amide bonds. The van der Waals surface area contributed by atoms with Crippen LogP contribution in [0.1, 0.15) is 11.1 Å². The van der Waals surface area contributed by atoms with Crippen molar-refractivity contribution in [3.8, 4) is 6.07 Å². The number of fused-ring (bicyclic) bond motifs is 3. The minimum atomic E-state index is -0.0955. The fourth-order valence-corrected chi connectivity index (χ4v) is 3.75. The van der Waals surface area contributed by atoms with Gasteiger partial charge in [0.25, 0.3) is 5.56 Å². The zero-order chi connectivity index (χ0) is 17.4. The molecule has 0 bridgehead atoms. The van der Waals surface area contributed by atoms with Crippen LogP contribution < -0.4 is 5.56 Å². The van der Waals surface area contributed by atoms with Crippen molar-refractivity contribution < 1.29 is 0 Å². The molecule has 0 aliphatic carbocycles. The minimum Gasteiger partial charge on any atom is -0.279 e. The average molecular weight is 347 g/mol. The molecule has 2 aromatic heterocycles. The fourth-order valence-electron chi connectivity index (χ4n) is 2.80. The van der Waals surface area contributed by atoms with E-state index >= 15 is 0 Å². The molecule has 0 fully saturated rings. The highest BCUT2D eigenvalue weighted by molar-refractivity contribution is 7.98. The summed E-state index contributed by atoms with van der Waals surface area (Å²) in [5.41, 5.74) is 2.28. The first-order valence-corrected chi connectivity index (χ1v) is 8.63. The van der Waals surface area contributed by atoms with Crippen molar-refractivity contribution in [1.82, 2.24) is 19.2 Å². The van der Waals surface area contributed by atoms with Gasteiger partial charge in [-0.3, -0.25) is 13.8 Å². The molecule has 0 spiro atoms. The Morgan fingerprint density at radius 1 is 1.12 bits per heavy atom. The Hall–Kier alpha value is -3.11. The van der Waals surface area contributed by atoms with E-state index in [1.807, 2.05) is 40.8 Å². The maximum absolute atomic E-state index is 12.5. The second kappa shape index (κ2) is 6.07. The molecule has 0 atom stereocenters. The first-order chi connectivity index (χ1) is 12.2. The Balaban J connectivity index is 1.84. The molecule has 0 radical (unpaired) electrons. The lowest BCUT2D eigenvalue weighted by Crippen LogP contribution is -2.20. The van der Waals surface area contributed by atoms with E-state index in [4.69, 9.17) is 0 Å². The van der Waals surface area contributed by atoms with E-state index in [-0.39, 0.29) is 5.56 Å². The summed E-state index contributed by atoms with van der Waals surface area (Å²) in [6.45, 7) is 0. The maximum Gasteiger partial charge on any atom is 0.262 e. The van der Waals surface area contributed by atoms with Gasteiger partial charge in [-0.2, -0.15) is 5.26 Å². The van der Waals surface area contributed by atoms with Gasteiger partial charge in [0, 0.05) is 12.8 Å². The first-order valence-electron chi connectivity index (χ1n) is 7.64. The van der Waals surface area contributed by atoms with Gasteiger partial charge in [0.05, 0.1) is 22.5 Å². The number of nitrogens with zero attached hydrogens (tertiary/aromatic N) is 5. The topological polar surface area (TPSA) is 76.0 Å². The maximum atomic E-state index is 12.5. The van der Waals surface area contributed by atoms with E-state index in [0.717, 1.165) is 11.1 Å². The van der Waals surface area contributed by atoms with Gasteiger partial charge in [0.2, 0.25) is 5.78 Å². The van der Waals surface area contributed by atoms with Gasteiger partial charge in [-0.25, -0.2) is 0 Å². The van der Waals surface area contributed by atoms with Crippen molar-refractivity contribution in [3.05, 3.63) is 70.0 Å². The smallest absolute Gasteiger partial charge is 0.262 e.